The van der Waals surface area contributed by atoms with Crippen LogP contribution in [0.5, 0.6) is 0 Å². The summed E-state index contributed by atoms with van der Waals surface area (Å²) in [4.78, 5) is 117. The van der Waals surface area contributed by atoms with Gasteiger partial charge in [0, 0.05) is 64.7 Å². The molecule has 438 valence electrons. The van der Waals surface area contributed by atoms with Crippen molar-refractivity contribution in [3.05, 3.63) is 153 Å². The number of ether oxygens (including phenoxy) is 6. The molecule has 24 nitrogen and oxygen atoms in total. The number of ketones is 3. The topological polar surface area (TPSA) is 308 Å². The van der Waals surface area contributed by atoms with Crippen LogP contribution in [0, 0.1) is 27.9 Å². The molecule has 0 saturated heterocycles. The van der Waals surface area contributed by atoms with Crippen molar-refractivity contribution in [2.45, 2.75) is 103 Å². The molecular formula is C58H69N7O17. The Balaban J connectivity index is 1.73. The Morgan fingerprint density at radius 1 is 0.512 bits per heavy atom. The minimum atomic E-state index is -3.33. The van der Waals surface area contributed by atoms with E-state index in [1.807, 2.05) is 0 Å². The number of amides is 3. The molecule has 0 aliphatic carbocycles. The lowest BCUT2D eigenvalue weighted by atomic mass is 9.71. The number of nitro groups is 1. The molecule has 82 heavy (non-hydrogen) atoms. The molecule has 3 aromatic rings. The zero-order valence-electron chi connectivity index (χ0n) is 46.5. The van der Waals surface area contributed by atoms with Gasteiger partial charge >= 0.3 is 18.3 Å². The first-order valence-electron chi connectivity index (χ1n) is 26.7. The maximum absolute atomic E-state index is 15.4. The predicted octanol–water partition coefficient (Wildman–Crippen LogP) is 8.35. The Bertz CT molecular complexity index is 2650. The van der Waals surface area contributed by atoms with Gasteiger partial charge in [-0.1, -0.05) is 112 Å². The molecule has 0 spiro atoms. The monoisotopic (exact) mass is 1140 g/mol. The van der Waals surface area contributed by atoms with E-state index < -0.39 is 136 Å². The number of carbonyl (C=O) groups is 6. The highest BCUT2D eigenvalue weighted by atomic mass is 16.6. The van der Waals surface area contributed by atoms with E-state index in [2.05, 4.69) is 15.0 Å². The molecule has 3 aliphatic heterocycles. The Labute approximate surface area is 474 Å². The van der Waals surface area contributed by atoms with Gasteiger partial charge in [0.25, 0.3) is 5.54 Å². The zero-order chi connectivity index (χ0) is 59.5. The lowest BCUT2D eigenvalue weighted by Gasteiger charge is -2.50. The third-order valence-electron chi connectivity index (χ3n) is 14.3. The molecule has 24 heteroatoms. The molecular weight excluding hydrogens is 1070 g/mol. The quantitative estimate of drug-likeness (QED) is 0.0402. The number of benzene rings is 3. The first-order valence-corrected chi connectivity index (χ1v) is 26.7. The van der Waals surface area contributed by atoms with Crippen LogP contribution >= 0.6 is 0 Å². The fourth-order valence-corrected chi connectivity index (χ4v) is 10.5. The number of carboxylic acid groups (broad SMARTS) is 3. The van der Waals surface area contributed by atoms with Gasteiger partial charge in [0.15, 0.2) is 17.5 Å². The van der Waals surface area contributed by atoms with E-state index in [9.17, 15) is 44.1 Å². The number of nitrogens with zero attached hydrogens (tertiary/aromatic N) is 7. The highest BCUT2D eigenvalue weighted by Crippen LogP contribution is 2.45. The molecule has 0 bridgehead atoms. The van der Waals surface area contributed by atoms with Crippen molar-refractivity contribution >= 4 is 54.3 Å². The second-order valence-electron chi connectivity index (χ2n) is 19.2. The number of carbonyl (C=O) groups excluding carboxylic acids is 3. The smallest absolute Gasteiger partial charge is 0.413 e. The van der Waals surface area contributed by atoms with Gasteiger partial charge in [0.2, 0.25) is 34.6 Å². The highest BCUT2D eigenvalue weighted by molar-refractivity contribution is 6.08. The number of Topliss-reactive ketones (excluding diaryl/α,β-unsaturated/α-hetero) is 3. The number of aliphatic imine (C=N–C) groups is 3. The summed E-state index contributed by atoms with van der Waals surface area (Å²) in [5, 5.41) is 50.5. The fraction of sp³-hybridized carbons (Fsp3) is 0.431. The number of allylic oxidation sites excluding steroid dienone is 3. The van der Waals surface area contributed by atoms with E-state index in [0.717, 1.165) is 18.6 Å². The van der Waals surface area contributed by atoms with Crippen molar-refractivity contribution in [1.82, 2.24) is 14.7 Å². The first-order chi connectivity index (χ1) is 39.5. The number of rotatable bonds is 31. The van der Waals surface area contributed by atoms with E-state index >= 15 is 10.1 Å². The zero-order valence-corrected chi connectivity index (χ0v) is 46.5. The maximum atomic E-state index is 15.4. The van der Waals surface area contributed by atoms with Crippen LogP contribution in [0.25, 0.3) is 0 Å². The molecule has 0 radical (unpaired) electrons. The van der Waals surface area contributed by atoms with Crippen LogP contribution in [0.3, 0.4) is 0 Å². The number of hydrogen-bond acceptors (Lipinski definition) is 17. The molecule has 3 amide bonds. The van der Waals surface area contributed by atoms with Crippen molar-refractivity contribution in [3.63, 3.8) is 0 Å². The standard InChI is InChI=1S/C58H69N7O17/c1-7-43(62(55(69)70)52-49(80-34-37-19-13-10-14-20-37)46(66)40(31-59-52)25-28-77-4)58(65(75)76,44(8-2)63(56(71)72)53-50(81-35-38-21-15-11-16-22-38)47(67)41(32-60-53)26-29-78-5)45(9-3)64(57(73)74)54-51(82-36-39-23-17-12-18-24-39)48(68)42(33-61-54)27-30-79-6/h10-24,31-33,40-45H,7-9,25-30,34-36H2,1-6H3,(H,69,70)(H,71,72)(H,73,74). The average molecular weight is 1140 g/mol. The minimum absolute atomic E-state index is 0.0507. The molecule has 0 aromatic heterocycles. The van der Waals surface area contributed by atoms with Crippen molar-refractivity contribution in [2.24, 2.45) is 32.7 Å². The van der Waals surface area contributed by atoms with Gasteiger partial charge in [-0.15, -0.1) is 0 Å². The highest BCUT2D eigenvalue weighted by Gasteiger charge is 2.69. The van der Waals surface area contributed by atoms with E-state index in [-0.39, 0.29) is 58.9 Å². The molecule has 3 aromatic carbocycles. The average Bonchev–Trinajstić information content (AvgIpc) is 1.27. The van der Waals surface area contributed by atoms with Crippen LogP contribution in [0.2, 0.25) is 0 Å². The molecule has 0 fully saturated rings. The number of methoxy groups -OCH3 is 3. The second-order valence-corrected chi connectivity index (χ2v) is 19.2. The molecule has 6 rings (SSSR count). The van der Waals surface area contributed by atoms with Crippen molar-refractivity contribution in [1.29, 1.82) is 0 Å². The lowest BCUT2D eigenvalue weighted by Crippen LogP contribution is -2.76. The van der Waals surface area contributed by atoms with Crippen LogP contribution in [0.15, 0.2) is 141 Å². The third-order valence-corrected chi connectivity index (χ3v) is 14.3. The van der Waals surface area contributed by atoms with Crippen molar-refractivity contribution in [2.75, 3.05) is 41.2 Å². The molecule has 3 heterocycles. The van der Waals surface area contributed by atoms with Gasteiger partial charge in [0.05, 0.1) is 17.8 Å². The van der Waals surface area contributed by atoms with Gasteiger partial charge in [-0.25, -0.2) is 44.1 Å². The van der Waals surface area contributed by atoms with Gasteiger partial charge in [-0.3, -0.25) is 24.5 Å². The fourth-order valence-electron chi connectivity index (χ4n) is 10.5. The molecule has 3 aliphatic rings. The van der Waals surface area contributed by atoms with Gasteiger partial charge in [0.1, 0.15) is 37.9 Å². The summed E-state index contributed by atoms with van der Waals surface area (Å²) >= 11 is 0. The largest absolute Gasteiger partial charge is 0.482 e. The van der Waals surface area contributed by atoms with Crippen LogP contribution in [-0.2, 0) is 62.6 Å². The lowest BCUT2D eigenvalue weighted by molar-refractivity contribution is -0.594. The molecule has 0 saturated carbocycles. The summed E-state index contributed by atoms with van der Waals surface area (Å²) in [5.41, 5.74) is -1.74. The predicted molar refractivity (Wildman–Crippen MR) is 297 cm³/mol. The molecule has 6 unspecified atom stereocenters. The van der Waals surface area contributed by atoms with E-state index in [0.29, 0.717) is 31.4 Å². The Morgan fingerprint density at radius 3 is 0.976 bits per heavy atom. The van der Waals surface area contributed by atoms with Crippen LogP contribution in [-0.4, -0.2) is 154 Å². The molecule has 3 N–H and O–H groups in total. The number of hydrogen-bond donors (Lipinski definition) is 3. The molecule has 6 atom stereocenters. The second kappa shape index (κ2) is 29.7. The van der Waals surface area contributed by atoms with Crippen molar-refractivity contribution < 1.29 is 77.4 Å². The summed E-state index contributed by atoms with van der Waals surface area (Å²) in [6, 6.07) is 18.7. The summed E-state index contributed by atoms with van der Waals surface area (Å²) in [7, 11) is 4.23. The van der Waals surface area contributed by atoms with E-state index in [4.69, 9.17) is 28.4 Å². The summed E-state index contributed by atoms with van der Waals surface area (Å²) < 4.78 is 34.4. The third kappa shape index (κ3) is 13.9. The van der Waals surface area contributed by atoms with Gasteiger partial charge in [-0.2, -0.15) is 0 Å². The Hall–Kier alpha value is -8.61. The normalized spacial score (nSPS) is 18.9. The van der Waals surface area contributed by atoms with E-state index in [1.54, 1.807) is 91.0 Å². The summed E-state index contributed by atoms with van der Waals surface area (Å²) in [6.45, 7) is 3.22. The van der Waals surface area contributed by atoms with Crippen LogP contribution in [0.1, 0.15) is 76.0 Å². The maximum Gasteiger partial charge on any atom is 0.413 e. The van der Waals surface area contributed by atoms with Crippen LogP contribution in [0.4, 0.5) is 14.4 Å². The van der Waals surface area contributed by atoms with Crippen molar-refractivity contribution in [3.8, 4) is 0 Å². The minimum Gasteiger partial charge on any atom is -0.482 e. The Kier molecular flexibility index (Phi) is 22.7. The summed E-state index contributed by atoms with van der Waals surface area (Å²) in [6.07, 6.45) is -4.18. The van der Waals surface area contributed by atoms with Crippen LogP contribution < -0.4 is 0 Å². The van der Waals surface area contributed by atoms with Gasteiger partial charge < -0.3 is 43.7 Å². The first kappa shape index (κ1) is 62.6. The SMILES string of the molecule is CCC(N(C(=O)O)C1=C(OCc2ccccc2)C(=O)C(CCOC)C=N1)C(C(CC)N(C(=O)O)C1=C(OCc2ccccc2)C(=O)C(CCOC)C=N1)(C(CC)N(C(=O)O)C1=C(OCc2ccccc2)C(=O)C(CCOC)C=N1)[N+](=O)[O-]. The van der Waals surface area contributed by atoms with E-state index in [1.165, 1.54) is 42.1 Å². The summed E-state index contributed by atoms with van der Waals surface area (Å²) in [5.74, 6) is -9.63. The van der Waals surface area contributed by atoms with Gasteiger partial charge in [-0.05, 0) is 55.2 Å². The Morgan fingerprint density at radius 2 is 0.768 bits per heavy atom.